The summed E-state index contributed by atoms with van der Waals surface area (Å²) in [5.41, 5.74) is 2.34. The fourth-order valence-electron chi connectivity index (χ4n) is 2.79. The van der Waals surface area contributed by atoms with Crippen LogP contribution in [0.2, 0.25) is 0 Å². The number of carbonyl (C=O) groups excluding carboxylic acids is 1. The number of ether oxygens (including phenoxy) is 1. The first-order chi connectivity index (χ1) is 12.7. The molecule has 26 heavy (non-hydrogen) atoms. The second-order valence-corrected chi connectivity index (χ2v) is 6.69. The zero-order valence-electron chi connectivity index (χ0n) is 15.3. The molecule has 0 aliphatic rings. The Balaban J connectivity index is 1.85. The maximum Gasteiger partial charge on any atom is 0.338 e. The Bertz CT molecular complexity index is 902. The summed E-state index contributed by atoms with van der Waals surface area (Å²) in [5, 5.41) is 5.18. The summed E-state index contributed by atoms with van der Waals surface area (Å²) in [4.78, 5) is 21.0. The summed E-state index contributed by atoms with van der Waals surface area (Å²) >= 11 is 1.63. The molecule has 0 aliphatic carbocycles. The number of aromatic nitrogens is 5. The van der Waals surface area contributed by atoms with Gasteiger partial charge in [0.25, 0.3) is 0 Å². The molecular formula is C18H23N5O2S. The van der Waals surface area contributed by atoms with Gasteiger partial charge in [0.1, 0.15) is 12.2 Å². The third-order valence-corrected chi connectivity index (χ3v) is 4.97. The SMILES string of the molecule is CCCn1ncnc1CSc1nc2cc(C(=O)OCC)ccc2n1CC. The van der Waals surface area contributed by atoms with Gasteiger partial charge in [-0.15, -0.1) is 0 Å². The molecule has 0 spiro atoms. The van der Waals surface area contributed by atoms with Gasteiger partial charge in [-0.2, -0.15) is 5.10 Å². The average molecular weight is 373 g/mol. The third-order valence-electron chi connectivity index (χ3n) is 4.00. The molecule has 0 N–H and O–H groups in total. The molecule has 2 aromatic heterocycles. The highest BCUT2D eigenvalue weighted by molar-refractivity contribution is 7.98. The molecule has 0 saturated carbocycles. The van der Waals surface area contributed by atoms with E-state index in [1.165, 1.54) is 0 Å². The Morgan fingerprint density at radius 3 is 2.85 bits per heavy atom. The normalized spacial score (nSPS) is 11.2. The maximum absolute atomic E-state index is 11.9. The molecular weight excluding hydrogens is 350 g/mol. The van der Waals surface area contributed by atoms with Gasteiger partial charge in [-0.1, -0.05) is 18.7 Å². The van der Waals surface area contributed by atoms with Crippen LogP contribution in [0.25, 0.3) is 11.0 Å². The van der Waals surface area contributed by atoms with Crippen LogP contribution in [0.5, 0.6) is 0 Å². The van der Waals surface area contributed by atoms with Crippen LogP contribution in [0.3, 0.4) is 0 Å². The van der Waals surface area contributed by atoms with Crippen molar-refractivity contribution in [2.45, 2.75) is 51.2 Å². The van der Waals surface area contributed by atoms with Crippen molar-refractivity contribution in [2.75, 3.05) is 6.61 Å². The number of hydrogen-bond donors (Lipinski definition) is 0. The zero-order chi connectivity index (χ0) is 18.5. The predicted molar refractivity (Wildman–Crippen MR) is 101 cm³/mol. The van der Waals surface area contributed by atoms with Gasteiger partial charge in [-0.05, 0) is 38.5 Å². The molecule has 0 radical (unpaired) electrons. The lowest BCUT2D eigenvalue weighted by molar-refractivity contribution is 0.0526. The highest BCUT2D eigenvalue weighted by atomic mass is 32.2. The summed E-state index contributed by atoms with van der Waals surface area (Å²) in [6.07, 6.45) is 2.62. The van der Waals surface area contributed by atoms with E-state index in [1.54, 1.807) is 37.1 Å². The number of rotatable bonds is 8. The summed E-state index contributed by atoms with van der Waals surface area (Å²) in [5.74, 6) is 1.33. The zero-order valence-corrected chi connectivity index (χ0v) is 16.1. The first kappa shape index (κ1) is 18.4. The number of nitrogens with zero attached hydrogens (tertiary/aromatic N) is 5. The smallest absolute Gasteiger partial charge is 0.338 e. The number of fused-ring (bicyclic) bond motifs is 1. The minimum Gasteiger partial charge on any atom is -0.462 e. The lowest BCUT2D eigenvalue weighted by atomic mass is 10.2. The van der Waals surface area contributed by atoms with Crippen LogP contribution in [-0.2, 0) is 23.6 Å². The molecule has 0 bridgehead atoms. The van der Waals surface area contributed by atoms with Crippen molar-refractivity contribution in [1.29, 1.82) is 0 Å². The number of esters is 1. The van der Waals surface area contributed by atoms with E-state index in [0.717, 1.165) is 41.5 Å². The fraction of sp³-hybridized carbons (Fsp3) is 0.444. The van der Waals surface area contributed by atoms with Crippen LogP contribution in [0.1, 0.15) is 43.4 Å². The minimum atomic E-state index is -0.317. The standard InChI is InChI=1S/C18H23N5O2S/c1-4-9-23-16(19-12-20-23)11-26-18-21-14-10-13(17(24)25-6-3)7-8-15(14)22(18)5-2/h7-8,10,12H,4-6,9,11H2,1-3H3. The molecule has 0 aliphatic heterocycles. The van der Waals surface area contributed by atoms with E-state index in [-0.39, 0.29) is 5.97 Å². The van der Waals surface area contributed by atoms with Crippen LogP contribution in [0.4, 0.5) is 0 Å². The number of thioether (sulfide) groups is 1. The van der Waals surface area contributed by atoms with Crippen LogP contribution in [-0.4, -0.2) is 36.9 Å². The molecule has 138 valence electrons. The van der Waals surface area contributed by atoms with Crippen LogP contribution in [0, 0.1) is 0 Å². The second kappa shape index (κ2) is 8.35. The van der Waals surface area contributed by atoms with Crippen molar-refractivity contribution in [2.24, 2.45) is 0 Å². The van der Waals surface area contributed by atoms with Crippen molar-refractivity contribution < 1.29 is 9.53 Å². The summed E-state index contributed by atoms with van der Waals surface area (Å²) < 4.78 is 9.16. The van der Waals surface area contributed by atoms with Crippen LogP contribution >= 0.6 is 11.8 Å². The Kier molecular flexibility index (Phi) is 5.92. The van der Waals surface area contributed by atoms with Gasteiger partial charge in [-0.25, -0.2) is 19.4 Å². The molecule has 1 aromatic carbocycles. The number of hydrogen-bond acceptors (Lipinski definition) is 6. The van der Waals surface area contributed by atoms with Gasteiger partial charge in [0.15, 0.2) is 5.16 Å². The van der Waals surface area contributed by atoms with E-state index >= 15 is 0 Å². The van der Waals surface area contributed by atoms with Gasteiger partial charge in [-0.3, -0.25) is 0 Å². The third kappa shape index (κ3) is 3.75. The highest BCUT2D eigenvalue weighted by Gasteiger charge is 2.15. The van der Waals surface area contributed by atoms with Crippen molar-refractivity contribution >= 4 is 28.8 Å². The topological polar surface area (TPSA) is 74.8 Å². The van der Waals surface area contributed by atoms with Gasteiger partial charge >= 0.3 is 5.97 Å². The van der Waals surface area contributed by atoms with E-state index in [4.69, 9.17) is 9.72 Å². The molecule has 0 unspecified atom stereocenters. The summed E-state index contributed by atoms with van der Waals surface area (Å²) in [7, 11) is 0. The first-order valence-electron chi connectivity index (χ1n) is 8.84. The molecule has 3 rings (SSSR count). The molecule has 0 amide bonds. The Morgan fingerprint density at radius 1 is 1.27 bits per heavy atom. The molecule has 0 saturated heterocycles. The van der Waals surface area contributed by atoms with Gasteiger partial charge in [0, 0.05) is 13.1 Å². The van der Waals surface area contributed by atoms with E-state index in [0.29, 0.717) is 17.9 Å². The van der Waals surface area contributed by atoms with E-state index in [9.17, 15) is 4.79 Å². The fourth-order valence-corrected chi connectivity index (χ4v) is 3.82. The monoisotopic (exact) mass is 373 g/mol. The van der Waals surface area contributed by atoms with E-state index < -0.39 is 0 Å². The number of imidazole rings is 1. The van der Waals surface area contributed by atoms with Gasteiger partial charge in [0.2, 0.25) is 0 Å². The predicted octanol–water partition coefficient (Wildman–Crippen LogP) is 3.53. The molecule has 0 fully saturated rings. The van der Waals surface area contributed by atoms with Gasteiger partial charge in [0.05, 0.1) is 29.0 Å². The quantitative estimate of drug-likeness (QED) is 0.444. The molecule has 8 heteroatoms. The van der Waals surface area contributed by atoms with Crippen molar-refractivity contribution in [3.8, 4) is 0 Å². The van der Waals surface area contributed by atoms with Crippen molar-refractivity contribution in [1.82, 2.24) is 24.3 Å². The summed E-state index contributed by atoms with van der Waals surface area (Å²) in [6.45, 7) is 8.04. The lowest BCUT2D eigenvalue weighted by Crippen LogP contribution is -2.05. The highest BCUT2D eigenvalue weighted by Crippen LogP contribution is 2.27. The maximum atomic E-state index is 11.9. The lowest BCUT2D eigenvalue weighted by Gasteiger charge is -2.06. The van der Waals surface area contributed by atoms with Crippen molar-refractivity contribution in [3.63, 3.8) is 0 Å². The number of benzene rings is 1. The number of carbonyl (C=O) groups is 1. The molecule has 2 heterocycles. The van der Waals surface area contributed by atoms with E-state index in [1.807, 2.05) is 10.7 Å². The Hall–Kier alpha value is -2.35. The van der Waals surface area contributed by atoms with Crippen LogP contribution < -0.4 is 0 Å². The summed E-state index contributed by atoms with van der Waals surface area (Å²) in [6, 6.07) is 5.52. The van der Waals surface area contributed by atoms with Crippen LogP contribution in [0.15, 0.2) is 29.7 Å². The molecule has 7 nitrogen and oxygen atoms in total. The largest absolute Gasteiger partial charge is 0.462 e. The second-order valence-electron chi connectivity index (χ2n) is 5.75. The average Bonchev–Trinajstić information content (AvgIpc) is 3.23. The Morgan fingerprint density at radius 2 is 2.12 bits per heavy atom. The minimum absolute atomic E-state index is 0.317. The van der Waals surface area contributed by atoms with Crippen molar-refractivity contribution in [3.05, 3.63) is 35.9 Å². The molecule has 3 aromatic rings. The first-order valence-corrected chi connectivity index (χ1v) is 9.83. The molecule has 0 atom stereocenters. The van der Waals surface area contributed by atoms with E-state index in [2.05, 4.69) is 28.5 Å². The van der Waals surface area contributed by atoms with Gasteiger partial charge < -0.3 is 9.30 Å². The Labute approximate surface area is 156 Å². The number of aryl methyl sites for hydroxylation is 2.